The molecule has 0 spiro atoms. The zero-order valence-corrected chi connectivity index (χ0v) is 18.2. The van der Waals surface area contributed by atoms with E-state index in [0.717, 1.165) is 18.7 Å². The summed E-state index contributed by atoms with van der Waals surface area (Å²) in [5, 5.41) is 0. The number of para-hydroxylation sites is 1. The topological polar surface area (TPSA) is 32.7 Å². The number of hydrogen-bond donors (Lipinski definition) is 0. The van der Waals surface area contributed by atoms with Crippen LogP contribution in [0.15, 0.2) is 114 Å². The van der Waals surface area contributed by atoms with Crippen LogP contribution < -0.4 is 4.90 Å². The molecule has 3 heteroatoms. The van der Waals surface area contributed by atoms with Crippen LogP contribution in [0.4, 0.5) is 11.4 Å². The number of benzene rings is 4. The largest absolute Gasteiger partial charge is 0.367 e. The monoisotopic (exact) mass is 418 g/mol. The van der Waals surface area contributed by atoms with E-state index in [1.807, 2.05) is 66.9 Å². The lowest BCUT2D eigenvalue weighted by Gasteiger charge is -2.23. The first-order valence-electron chi connectivity index (χ1n) is 10.9. The maximum Gasteiger partial charge on any atom is 0.195 e. The van der Waals surface area contributed by atoms with E-state index in [-0.39, 0.29) is 5.78 Å². The predicted octanol–water partition coefficient (Wildman–Crippen LogP) is 6.69. The van der Waals surface area contributed by atoms with Crippen molar-refractivity contribution >= 4 is 23.4 Å². The Morgan fingerprint density at radius 2 is 1.41 bits per heavy atom. The van der Waals surface area contributed by atoms with Gasteiger partial charge in [0, 0.05) is 36.1 Å². The van der Waals surface area contributed by atoms with Gasteiger partial charge in [-0.05, 0) is 42.3 Å². The minimum absolute atomic E-state index is 0.0202. The Labute approximate surface area is 189 Å². The number of carbonyl (C=O) groups is 1. The lowest BCUT2D eigenvalue weighted by Crippen LogP contribution is -2.21. The second kappa shape index (κ2) is 10.4. The first-order valence-corrected chi connectivity index (χ1v) is 10.9. The zero-order chi connectivity index (χ0) is 22.2. The SMILES string of the molecule is CCN(Cc1ccccc1)c1ccc(C=Nc2ccccc2C(=O)c2ccccc2)cc1. The minimum Gasteiger partial charge on any atom is -0.367 e. The van der Waals surface area contributed by atoms with Gasteiger partial charge in [-0.1, -0.05) is 84.9 Å². The van der Waals surface area contributed by atoms with Crippen LogP contribution >= 0.6 is 0 Å². The first kappa shape index (κ1) is 21.3. The van der Waals surface area contributed by atoms with Crippen molar-refractivity contribution in [3.63, 3.8) is 0 Å². The number of rotatable bonds is 8. The molecule has 3 nitrogen and oxygen atoms in total. The van der Waals surface area contributed by atoms with Crippen molar-refractivity contribution in [1.29, 1.82) is 0 Å². The van der Waals surface area contributed by atoms with Gasteiger partial charge in [-0.25, -0.2) is 0 Å². The number of anilines is 1. The van der Waals surface area contributed by atoms with E-state index in [2.05, 4.69) is 65.3 Å². The lowest BCUT2D eigenvalue weighted by atomic mass is 10.0. The number of hydrogen-bond acceptors (Lipinski definition) is 3. The first-order chi connectivity index (χ1) is 15.7. The Bertz CT molecular complexity index is 1180. The van der Waals surface area contributed by atoms with Crippen LogP contribution in [0.25, 0.3) is 0 Å². The molecule has 4 rings (SSSR count). The van der Waals surface area contributed by atoms with E-state index in [4.69, 9.17) is 0 Å². The highest BCUT2D eigenvalue weighted by Crippen LogP contribution is 2.23. The number of aliphatic imine (C=N–C) groups is 1. The summed E-state index contributed by atoms with van der Waals surface area (Å²) in [5.41, 5.74) is 5.40. The molecule has 0 fully saturated rings. The molecule has 0 aliphatic rings. The lowest BCUT2D eigenvalue weighted by molar-refractivity contribution is 0.103. The van der Waals surface area contributed by atoms with E-state index < -0.39 is 0 Å². The van der Waals surface area contributed by atoms with Gasteiger partial charge in [0.25, 0.3) is 0 Å². The molecule has 0 saturated heterocycles. The standard InChI is InChI=1S/C29H26N2O/c1-2-31(22-24-11-5-3-6-12-24)26-19-17-23(18-20-26)21-30-28-16-10-9-15-27(28)29(32)25-13-7-4-8-14-25/h3-21H,2,22H2,1H3. The third kappa shape index (κ3) is 5.19. The molecule has 0 unspecified atom stereocenters. The highest BCUT2D eigenvalue weighted by atomic mass is 16.1. The zero-order valence-electron chi connectivity index (χ0n) is 18.2. The van der Waals surface area contributed by atoms with Gasteiger partial charge in [0.15, 0.2) is 5.78 Å². The van der Waals surface area contributed by atoms with Crippen LogP contribution in [-0.4, -0.2) is 18.5 Å². The van der Waals surface area contributed by atoms with E-state index in [1.54, 1.807) is 0 Å². The van der Waals surface area contributed by atoms with Crippen LogP contribution in [0.1, 0.15) is 34.0 Å². The van der Waals surface area contributed by atoms with Gasteiger partial charge in [0.05, 0.1) is 5.69 Å². The molecule has 0 atom stereocenters. The third-order valence-electron chi connectivity index (χ3n) is 5.39. The van der Waals surface area contributed by atoms with Crippen molar-refractivity contribution < 1.29 is 4.79 Å². The van der Waals surface area contributed by atoms with Crippen molar-refractivity contribution in [1.82, 2.24) is 0 Å². The van der Waals surface area contributed by atoms with Crippen LogP contribution in [-0.2, 0) is 6.54 Å². The van der Waals surface area contributed by atoms with Crippen molar-refractivity contribution in [3.05, 3.63) is 131 Å². The molecule has 4 aromatic carbocycles. The minimum atomic E-state index is -0.0202. The maximum atomic E-state index is 12.9. The molecule has 0 amide bonds. The summed E-state index contributed by atoms with van der Waals surface area (Å²) >= 11 is 0. The molecule has 4 aromatic rings. The van der Waals surface area contributed by atoms with Gasteiger partial charge in [0.1, 0.15) is 0 Å². The molecular formula is C29H26N2O. The number of ketones is 1. The molecule has 0 saturated carbocycles. The second-order valence-electron chi connectivity index (χ2n) is 7.56. The van der Waals surface area contributed by atoms with Gasteiger partial charge in [-0.3, -0.25) is 9.79 Å². The van der Waals surface area contributed by atoms with Crippen LogP contribution in [0.3, 0.4) is 0 Å². The fourth-order valence-corrected chi connectivity index (χ4v) is 3.63. The summed E-state index contributed by atoms with van der Waals surface area (Å²) in [6.45, 7) is 3.97. The summed E-state index contributed by atoms with van der Waals surface area (Å²) < 4.78 is 0. The molecule has 0 aliphatic heterocycles. The second-order valence-corrected chi connectivity index (χ2v) is 7.56. The van der Waals surface area contributed by atoms with Crippen molar-refractivity contribution in [2.75, 3.05) is 11.4 Å². The smallest absolute Gasteiger partial charge is 0.195 e. The van der Waals surface area contributed by atoms with E-state index in [0.29, 0.717) is 16.8 Å². The fraction of sp³-hybridized carbons (Fsp3) is 0.103. The van der Waals surface area contributed by atoms with Crippen molar-refractivity contribution in [2.45, 2.75) is 13.5 Å². The summed E-state index contributed by atoms with van der Waals surface area (Å²) in [4.78, 5) is 19.9. The van der Waals surface area contributed by atoms with Crippen molar-refractivity contribution in [2.24, 2.45) is 4.99 Å². The Morgan fingerprint density at radius 3 is 2.09 bits per heavy atom. The molecule has 0 bridgehead atoms. The fourth-order valence-electron chi connectivity index (χ4n) is 3.63. The summed E-state index contributed by atoms with van der Waals surface area (Å²) in [6, 6.07) is 35.6. The Balaban J connectivity index is 1.50. The van der Waals surface area contributed by atoms with Gasteiger partial charge in [0.2, 0.25) is 0 Å². The van der Waals surface area contributed by atoms with Crippen LogP contribution in [0.5, 0.6) is 0 Å². The summed E-state index contributed by atoms with van der Waals surface area (Å²) in [7, 11) is 0. The highest BCUT2D eigenvalue weighted by Gasteiger charge is 2.12. The Kier molecular flexibility index (Phi) is 6.88. The van der Waals surface area contributed by atoms with Gasteiger partial charge < -0.3 is 4.90 Å². The molecule has 0 aromatic heterocycles. The van der Waals surface area contributed by atoms with Gasteiger partial charge in [-0.2, -0.15) is 0 Å². The summed E-state index contributed by atoms with van der Waals surface area (Å²) in [6.07, 6.45) is 1.81. The molecule has 0 N–H and O–H groups in total. The predicted molar refractivity (Wildman–Crippen MR) is 133 cm³/mol. The summed E-state index contributed by atoms with van der Waals surface area (Å²) in [5.74, 6) is -0.0202. The Hall–Kier alpha value is -3.98. The molecule has 158 valence electrons. The van der Waals surface area contributed by atoms with Crippen LogP contribution in [0.2, 0.25) is 0 Å². The molecule has 32 heavy (non-hydrogen) atoms. The average molecular weight is 419 g/mol. The van der Waals surface area contributed by atoms with E-state index in [1.165, 1.54) is 11.3 Å². The average Bonchev–Trinajstić information content (AvgIpc) is 2.87. The Morgan fingerprint density at radius 1 is 0.781 bits per heavy atom. The van der Waals surface area contributed by atoms with Gasteiger partial charge >= 0.3 is 0 Å². The highest BCUT2D eigenvalue weighted by molar-refractivity contribution is 6.12. The number of nitrogens with zero attached hydrogens (tertiary/aromatic N) is 2. The van der Waals surface area contributed by atoms with E-state index in [9.17, 15) is 4.79 Å². The molecule has 0 heterocycles. The number of carbonyl (C=O) groups excluding carboxylic acids is 1. The maximum absolute atomic E-state index is 12.9. The molecule has 0 radical (unpaired) electrons. The normalized spacial score (nSPS) is 10.9. The molecular weight excluding hydrogens is 392 g/mol. The third-order valence-corrected chi connectivity index (χ3v) is 5.39. The van der Waals surface area contributed by atoms with Gasteiger partial charge in [-0.15, -0.1) is 0 Å². The van der Waals surface area contributed by atoms with E-state index >= 15 is 0 Å². The van der Waals surface area contributed by atoms with Crippen LogP contribution in [0, 0.1) is 0 Å². The van der Waals surface area contributed by atoms with Crippen molar-refractivity contribution in [3.8, 4) is 0 Å². The quantitative estimate of drug-likeness (QED) is 0.236. The molecule has 0 aliphatic carbocycles.